The second kappa shape index (κ2) is 4.84. The van der Waals surface area contributed by atoms with Gasteiger partial charge in [0.15, 0.2) is 11.5 Å². The lowest BCUT2D eigenvalue weighted by molar-refractivity contribution is 0.154. The molecule has 1 aromatic rings. The SMILES string of the molecule is [2H]C1([2H])Oc2ccc(OC3CCNCC3)cc2OC1([2H])[2H]. The van der Waals surface area contributed by atoms with Gasteiger partial charge in [0.2, 0.25) is 0 Å². The Kier molecular flexibility index (Phi) is 2.02. The smallest absolute Gasteiger partial charge is 0.165 e. The summed E-state index contributed by atoms with van der Waals surface area (Å²) in [6, 6.07) is 4.77. The van der Waals surface area contributed by atoms with E-state index in [9.17, 15) is 0 Å². The quantitative estimate of drug-likeness (QED) is 0.850. The van der Waals surface area contributed by atoms with E-state index >= 15 is 0 Å². The van der Waals surface area contributed by atoms with E-state index in [2.05, 4.69) is 5.32 Å². The van der Waals surface area contributed by atoms with Gasteiger partial charge < -0.3 is 19.5 Å². The van der Waals surface area contributed by atoms with Gasteiger partial charge in [0, 0.05) is 6.07 Å². The zero-order valence-electron chi connectivity index (χ0n) is 13.4. The Bertz CT molecular complexity index is 532. The Morgan fingerprint density at radius 2 is 1.94 bits per heavy atom. The van der Waals surface area contributed by atoms with Crippen molar-refractivity contribution < 1.29 is 19.7 Å². The monoisotopic (exact) mass is 239 g/mol. The second-order valence-corrected chi connectivity index (χ2v) is 4.08. The number of benzene rings is 1. The van der Waals surface area contributed by atoms with E-state index in [0.717, 1.165) is 25.9 Å². The third-order valence-corrected chi connectivity index (χ3v) is 2.87. The molecule has 0 amide bonds. The first-order valence-corrected chi connectivity index (χ1v) is 5.77. The number of rotatable bonds is 2. The van der Waals surface area contributed by atoms with Gasteiger partial charge in [0.1, 0.15) is 25.0 Å². The van der Waals surface area contributed by atoms with Crippen LogP contribution < -0.4 is 19.5 Å². The zero-order valence-corrected chi connectivity index (χ0v) is 9.36. The molecule has 0 bridgehead atoms. The molecule has 2 heterocycles. The van der Waals surface area contributed by atoms with Crippen LogP contribution in [0.15, 0.2) is 18.2 Å². The van der Waals surface area contributed by atoms with Crippen molar-refractivity contribution in [2.75, 3.05) is 26.2 Å². The van der Waals surface area contributed by atoms with Crippen LogP contribution in [0.5, 0.6) is 17.2 Å². The average Bonchev–Trinajstić information content (AvgIpc) is 2.41. The first kappa shape index (κ1) is 7.11. The molecule has 1 aromatic carbocycles. The maximum atomic E-state index is 7.58. The van der Waals surface area contributed by atoms with Crippen molar-refractivity contribution in [3.8, 4) is 17.2 Å². The van der Waals surface area contributed by atoms with Crippen molar-refractivity contribution in [2.24, 2.45) is 0 Å². The van der Waals surface area contributed by atoms with Gasteiger partial charge in [0.25, 0.3) is 0 Å². The number of hydrogen-bond donors (Lipinski definition) is 1. The molecule has 1 N–H and O–H groups in total. The minimum Gasteiger partial charge on any atom is -0.490 e. The molecular formula is C13H17NO3. The van der Waals surface area contributed by atoms with Crippen LogP contribution in [0, 0.1) is 0 Å². The van der Waals surface area contributed by atoms with Crippen LogP contribution in [0.3, 0.4) is 0 Å². The Morgan fingerprint density at radius 1 is 1.18 bits per heavy atom. The summed E-state index contributed by atoms with van der Waals surface area (Å²) in [6.07, 6.45) is 1.95. The lowest BCUT2D eigenvalue weighted by atomic mass is 10.1. The minimum atomic E-state index is -2.55. The largest absolute Gasteiger partial charge is 0.490 e. The summed E-state index contributed by atoms with van der Waals surface area (Å²) in [5, 5.41) is 3.25. The Labute approximate surface area is 106 Å². The zero-order chi connectivity index (χ0) is 15.1. The van der Waals surface area contributed by atoms with Crippen molar-refractivity contribution in [3.05, 3.63) is 18.2 Å². The van der Waals surface area contributed by atoms with Crippen molar-refractivity contribution in [1.29, 1.82) is 0 Å². The molecule has 1 saturated heterocycles. The van der Waals surface area contributed by atoms with Crippen molar-refractivity contribution in [1.82, 2.24) is 5.32 Å². The van der Waals surface area contributed by atoms with Crippen molar-refractivity contribution in [2.45, 2.75) is 18.9 Å². The first-order valence-electron chi connectivity index (χ1n) is 7.77. The third-order valence-electron chi connectivity index (χ3n) is 2.87. The van der Waals surface area contributed by atoms with Gasteiger partial charge in [-0.3, -0.25) is 0 Å². The van der Waals surface area contributed by atoms with E-state index in [-0.39, 0.29) is 17.6 Å². The summed E-state index contributed by atoms with van der Waals surface area (Å²) in [5.74, 6) is 0.900. The number of ether oxygens (including phenoxy) is 3. The Morgan fingerprint density at radius 3 is 2.76 bits per heavy atom. The molecular weight excluding hydrogens is 218 g/mol. The van der Waals surface area contributed by atoms with E-state index in [4.69, 9.17) is 19.7 Å². The molecule has 0 spiro atoms. The molecule has 0 atom stereocenters. The van der Waals surface area contributed by atoms with Crippen LogP contribution >= 0.6 is 0 Å². The van der Waals surface area contributed by atoms with E-state index in [1.807, 2.05) is 0 Å². The van der Waals surface area contributed by atoms with Crippen LogP contribution in [-0.2, 0) is 0 Å². The molecule has 17 heavy (non-hydrogen) atoms. The highest BCUT2D eigenvalue weighted by Crippen LogP contribution is 2.34. The van der Waals surface area contributed by atoms with E-state index < -0.39 is 13.1 Å². The van der Waals surface area contributed by atoms with Gasteiger partial charge in [-0.2, -0.15) is 0 Å². The van der Waals surface area contributed by atoms with Gasteiger partial charge in [-0.25, -0.2) is 0 Å². The Hall–Kier alpha value is -1.42. The average molecular weight is 239 g/mol. The van der Waals surface area contributed by atoms with Gasteiger partial charge in [-0.1, -0.05) is 0 Å². The Balaban J connectivity index is 1.79. The predicted molar refractivity (Wildman–Crippen MR) is 64.0 cm³/mol. The molecule has 0 unspecified atom stereocenters. The molecule has 3 rings (SSSR count). The summed E-state index contributed by atoms with van der Waals surface area (Å²) < 4.78 is 46.2. The highest BCUT2D eigenvalue weighted by atomic mass is 16.6. The number of nitrogens with one attached hydrogen (secondary N) is 1. The van der Waals surface area contributed by atoms with Gasteiger partial charge in [0.05, 0.1) is 5.48 Å². The molecule has 92 valence electrons. The standard InChI is InChI=1S/C13H17NO3/c1-2-12-13(16-8-7-15-12)9-11(1)17-10-3-5-14-6-4-10/h1-2,9-10,14H,3-8H2/i7D2,8D2. The fourth-order valence-electron chi connectivity index (χ4n) is 1.98. The van der Waals surface area contributed by atoms with E-state index in [1.165, 1.54) is 0 Å². The second-order valence-electron chi connectivity index (χ2n) is 4.08. The summed E-state index contributed by atoms with van der Waals surface area (Å²) in [7, 11) is 0. The number of piperidine rings is 1. The third kappa shape index (κ3) is 2.47. The van der Waals surface area contributed by atoms with Crippen molar-refractivity contribution >= 4 is 0 Å². The fraction of sp³-hybridized carbons (Fsp3) is 0.538. The molecule has 0 aliphatic carbocycles. The first-order chi connectivity index (χ1) is 9.87. The predicted octanol–water partition coefficient (Wildman–Crippen LogP) is 1.59. The van der Waals surface area contributed by atoms with Crippen LogP contribution in [0.25, 0.3) is 0 Å². The van der Waals surface area contributed by atoms with E-state index in [1.54, 1.807) is 18.2 Å². The number of hydrogen-bond acceptors (Lipinski definition) is 4. The molecule has 1 fully saturated rings. The normalized spacial score (nSPS) is 29.4. The molecule has 0 saturated carbocycles. The summed E-state index contributed by atoms with van der Waals surface area (Å²) >= 11 is 0. The van der Waals surface area contributed by atoms with E-state index in [0.29, 0.717) is 5.75 Å². The summed E-state index contributed by atoms with van der Waals surface area (Å²) in [6.45, 7) is -3.25. The maximum absolute atomic E-state index is 7.58. The topological polar surface area (TPSA) is 39.7 Å². The van der Waals surface area contributed by atoms with Crippen LogP contribution in [0.1, 0.15) is 18.3 Å². The highest BCUT2D eigenvalue weighted by Gasteiger charge is 2.17. The lowest BCUT2D eigenvalue weighted by Gasteiger charge is -2.25. The van der Waals surface area contributed by atoms with Gasteiger partial charge >= 0.3 is 0 Å². The number of fused-ring (bicyclic) bond motifs is 1. The molecule has 2 aliphatic heterocycles. The van der Waals surface area contributed by atoms with Crippen LogP contribution in [0.2, 0.25) is 0 Å². The molecule has 2 aliphatic rings. The summed E-state index contributed by atoms with van der Waals surface area (Å²) in [5.41, 5.74) is 0. The fourth-order valence-corrected chi connectivity index (χ4v) is 1.98. The molecule has 0 aromatic heterocycles. The minimum absolute atomic E-state index is 0.122. The van der Waals surface area contributed by atoms with Gasteiger partial charge in [-0.15, -0.1) is 0 Å². The van der Waals surface area contributed by atoms with Crippen LogP contribution in [0.4, 0.5) is 0 Å². The molecule has 4 nitrogen and oxygen atoms in total. The highest BCUT2D eigenvalue weighted by molar-refractivity contribution is 5.46. The maximum Gasteiger partial charge on any atom is 0.165 e. The molecule has 0 radical (unpaired) electrons. The van der Waals surface area contributed by atoms with Crippen molar-refractivity contribution in [3.63, 3.8) is 0 Å². The van der Waals surface area contributed by atoms with Gasteiger partial charge in [-0.05, 0) is 38.1 Å². The summed E-state index contributed by atoms with van der Waals surface area (Å²) in [4.78, 5) is 0. The lowest BCUT2D eigenvalue weighted by Crippen LogP contribution is -2.34. The van der Waals surface area contributed by atoms with Crippen LogP contribution in [-0.4, -0.2) is 32.3 Å². The molecule has 4 heteroatoms.